The van der Waals surface area contributed by atoms with E-state index < -0.39 is 0 Å². The number of nitrogens with two attached hydrogens (primary N) is 1. The van der Waals surface area contributed by atoms with Crippen molar-refractivity contribution >= 4 is 5.84 Å². The van der Waals surface area contributed by atoms with Gasteiger partial charge in [-0.2, -0.15) is 0 Å². The van der Waals surface area contributed by atoms with Crippen LogP contribution in [0, 0.1) is 5.41 Å². The smallest absolute Gasteiger partial charge is 0.0950 e. The predicted octanol–water partition coefficient (Wildman–Crippen LogP) is 2.04. The lowest BCUT2D eigenvalue weighted by Gasteiger charge is -2.01. The molecule has 0 saturated heterocycles. The van der Waals surface area contributed by atoms with Gasteiger partial charge in [0.25, 0.3) is 0 Å². The molecule has 0 spiro atoms. The third-order valence-electron chi connectivity index (χ3n) is 2.42. The van der Waals surface area contributed by atoms with E-state index in [1.54, 1.807) is 0 Å². The summed E-state index contributed by atoms with van der Waals surface area (Å²) in [6.07, 6.45) is 3.25. The van der Waals surface area contributed by atoms with E-state index in [4.69, 9.17) is 11.1 Å². The van der Waals surface area contributed by atoms with Crippen LogP contribution in [0.15, 0.2) is 24.3 Å². The molecule has 2 heteroatoms. The van der Waals surface area contributed by atoms with Crippen molar-refractivity contribution in [3.8, 4) is 0 Å². The Morgan fingerprint density at radius 3 is 2.38 bits per heavy atom. The van der Waals surface area contributed by atoms with Gasteiger partial charge in [0.2, 0.25) is 0 Å². The molecule has 1 aromatic rings. The van der Waals surface area contributed by atoms with Crippen molar-refractivity contribution in [1.82, 2.24) is 0 Å². The van der Waals surface area contributed by atoms with E-state index in [9.17, 15) is 0 Å². The number of benzene rings is 1. The van der Waals surface area contributed by atoms with E-state index in [2.05, 4.69) is 24.3 Å². The predicted molar refractivity (Wildman–Crippen MR) is 54.0 cm³/mol. The minimum atomic E-state index is 0.235. The van der Waals surface area contributed by atoms with Crippen LogP contribution in [-0.2, 0) is 6.42 Å². The molecule has 3 N–H and O–H groups in total. The topological polar surface area (TPSA) is 49.9 Å². The third-order valence-corrected chi connectivity index (χ3v) is 2.42. The summed E-state index contributed by atoms with van der Waals surface area (Å²) in [5.74, 6) is 1.05. The van der Waals surface area contributed by atoms with Crippen LogP contribution in [0.1, 0.15) is 29.9 Å². The molecule has 0 aromatic heterocycles. The van der Waals surface area contributed by atoms with Crippen LogP contribution in [0.3, 0.4) is 0 Å². The first-order valence-corrected chi connectivity index (χ1v) is 4.67. The lowest BCUT2D eigenvalue weighted by atomic mass is 10.1. The van der Waals surface area contributed by atoms with Gasteiger partial charge < -0.3 is 5.73 Å². The highest BCUT2D eigenvalue weighted by molar-refractivity contribution is 5.79. The van der Waals surface area contributed by atoms with Gasteiger partial charge in [-0.15, -0.1) is 0 Å². The van der Waals surface area contributed by atoms with Gasteiger partial charge in [-0.1, -0.05) is 24.3 Å². The second kappa shape index (κ2) is 3.21. The first-order chi connectivity index (χ1) is 6.25. The van der Waals surface area contributed by atoms with Crippen molar-refractivity contribution < 1.29 is 0 Å². The summed E-state index contributed by atoms with van der Waals surface area (Å²) in [7, 11) is 0. The Morgan fingerprint density at radius 1 is 1.31 bits per heavy atom. The van der Waals surface area contributed by atoms with Gasteiger partial charge in [0.05, 0.1) is 5.84 Å². The van der Waals surface area contributed by atoms with E-state index in [1.165, 1.54) is 18.4 Å². The molecule has 2 nitrogen and oxygen atoms in total. The maximum Gasteiger partial charge on any atom is 0.0950 e. The average molecular weight is 174 g/mol. The Kier molecular flexibility index (Phi) is 2.05. The van der Waals surface area contributed by atoms with E-state index in [0.29, 0.717) is 6.42 Å². The van der Waals surface area contributed by atoms with Crippen molar-refractivity contribution in [3.63, 3.8) is 0 Å². The molecule has 0 atom stereocenters. The normalized spacial score (nSPS) is 15.7. The fraction of sp³-hybridized carbons (Fsp3) is 0.364. The SMILES string of the molecule is N=C(N)Cc1ccc(C2CC2)cc1. The number of hydrogen-bond donors (Lipinski definition) is 2. The van der Waals surface area contributed by atoms with Gasteiger partial charge in [0.1, 0.15) is 0 Å². The minimum Gasteiger partial charge on any atom is -0.387 e. The fourth-order valence-electron chi connectivity index (χ4n) is 1.54. The van der Waals surface area contributed by atoms with Crippen LogP contribution < -0.4 is 5.73 Å². The minimum absolute atomic E-state index is 0.235. The zero-order valence-corrected chi connectivity index (χ0v) is 7.59. The summed E-state index contributed by atoms with van der Waals surface area (Å²) >= 11 is 0. The van der Waals surface area contributed by atoms with Gasteiger partial charge in [-0.3, -0.25) is 5.41 Å². The summed E-state index contributed by atoms with van der Waals surface area (Å²) < 4.78 is 0. The van der Waals surface area contributed by atoms with Crippen LogP contribution in [0.2, 0.25) is 0 Å². The van der Waals surface area contributed by atoms with E-state index in [-0.39, 0.29) is 5.84 Å². The quantitative estimate of drug-likeness (QED) is 0.534. The molecule has 1 aliphatic rings. The van der Waals surface area contributed by atoms with Crippen molar-refractivity contribution in [3.05, 3.63) is 35.4 Å². The highest BCUT2D eigenvalue weighted by Crippen LogP contribution is 2.39. The lowest BCUT2D eigenvalue weighted by molar-refractivity contribution is 1.12. The second-order valence-corrected chi connectivity index (χ2v) is 3.72. The highest BCUT2D eigenvalue weighted by Gasteiger charge is 2.22. The molecule has 2 rings (SSSR count). The van der Waals surface area contributed by atoms with E-state index in [1.807, 2.05) is 0 Å². The van der Waals surface area contributed by atoms with Gasteiger partial charge in [0, 0.05) is 6.42 Å². The first kappa shape index (κ1) is 8.30. The Hall–Kier alpha value is -1.31. The zero-order valence-electron chi connectivity index (χ0n) is 7.59. The average Bonchev–Trinajstić information content (AvgIpc) is 2.87. The van der Waals surface area contributed by atoms with Crippen LogP contribution in [0.4, 0.5) is 0 Å². The summed E-state index contributed by atoms with van der Waals surface area (Å²) in [5, 5.41) is 7.16. The van der Waals surface area contributed by atoms with E-state index >= 15 is 0 Å². The number of hydrogen-bond acceptors (Lipinski definition) is 1. The van der Waals surface area contributed by atoms with Gasteiger partial charge in [-0.05, 0) is 29.9 Å². The summed E-state index contributed by atoms with van der Waals surface area (Å²) in [4.78, 5) is 0. The van der Waals surface area contributed by atoms with Crippen LogP contribution in [-0.4, -0.2) is 5.84 Å². The number of amidine groups is 1. The summed E-state index contributed by atoms with van der Waals surface area (Å²) in [6.45, 7) is 0. The Bertz CT molecular complexity index is 309. The Balaban J connectivity index is 2.08. The molecule has 13 heavy (non-hydrogen) atoms. The molecule has 0 amide bonds. The number of nitrogens with one attached hydrogen (secondary N) is 1. The molecule has 1 fully saturated rings. The van der Waals surface area contributed by atoms with E-state index in [0.717, 1.165) is 11.5 Å². The Morgan fingerprint density at radius 2 is 1.92 bits per heavy atom. The monoisotopic (exact) mass is 174 g/mol. The van der Waals surface area contributed by atoms with Gasteiger partial charge >= 0.3 is 0 Å². The maximum absolute atomic E-state index is 7.16. The fourth-order valence-corrected chi connectivity index (χ4v) is 1.54. The standard InChI is InChI=1S/C11H14N2/c12-11(13)7-8-1-3-9(4-2-8)10-5-6-10/h1-4,10H,5-7H2,(H3,12,13). The molecule has 1 aliphatic carbocycles. The molecule has 68 valence electrons. The summed E-state index contributed by atoms with van der Waals surface area (Å²) in [6, 6.07) is 8.48. The van der Waals surface area contributed by atoms with Crippen molar-refractivity contribution in [2.75, 3.05) is 0 Å². The molecular weight excluding hydrogens is 160 g/mol. The highest BCUT2D eigenvalue weighted by atomic mass is 14.7. The molecule has 0 bridgehead atoms. The zero-order chi connectivity index (χ0) is 9.26. The lowest BCUT2D eigenvalue weighted by Crippen LogP contribution is -2.12. The van der Waals surface area contributed by atoms with Crippen LogP contribution in [0.25, 0.3) is 0 Å². The molecule has 0 unspecified atom stereocenters. The maximum atomic E-state index is 7.16. The third kappa shape index (κ3) is 2.08. The van der Waals surface area contributed by atoms with Gasteiger partial charge in [-0.25, -0.2) is 0 Å². The van der Waals surface area contributed by atoms with Crippen molar-refractivity contribution in [1.29, 1.82) is 5.41 Å². The summed E-state index contributed by atoms with van der Waals surface area (Å²) in [5.41, 5.74) is 7.89. The van der Waals surface area contributed by atoms with Crippen molar-refractivity contribution in [2.24, 2.45) is 5.73 Å². The first-order valence-electron chi connectivity index (χ1n) is 4.67. The Labute approximate surface area is 78.3 Å². The molecule has 0 radical (unpaired) electrons. The number of rotatable bonds is 3. The molecule has 0 aliphatic heterocycles. The second-order valence-electron chi connectivity index (χ2n) is 3.72. The molecule has 1 saturated carbocycles. The van der Waals surface area contributed by atoms with Gasteiger partial charge in [0.15, 0.2) is 0 Å². The molecule has 1 aromatic carbocycles. The van der Waals surface area contributed by atoms with Crippen LogP contribution >= 0.6 is 0 Å². The van der Waals surface area contributed by atoms with Crippen molar-refractivity contribution in [2.45, 2.75) is 25.2 Å². The van der Waals surface area contributed by atoms with Crippen LogP contribution in [0.5, 0.6) is 0 Å². The largest absolute Gasteiger partial charge is 0.387 e. The molecular formula is C11H14N2. The molecule has 0 heterocycles.